The molecule has 0 aromatic heterocycles. The van der Waals surface area contributed by atoms with Gasteiger partial charge < -0.3 is 4.74 Å². The van der Waals surface area contributed by atoms with Crippen molar-refractivity contribution in [2.75, 3.05) is 0 Å². The highest BCUT2D eigenvalue weighted by atomic mass is 19.1. The van der Waals surface area contributed by atoms with E-state index in [1.165, 1.54) is 17.7 Å². The quantitative estimate of drug-likeness (QED) is 0.821. The fourth-order valence-corrected chi connectivity index (χ4v) is 2.05. The third kappa shape index (κ3) is 3.81. The number of ether oxygens (including phenoxy) is 1. The first-order valence-electron chi connectivity index (χ1n) is 7.12. The topological polar surface area (TPSA) is 26.3 Å². The van der Waals surface area contributed by atoms with Crippen LogP contribution in [-0.2, 0) is 21.6 Å². The number of carbonyl (C=O) groups is 1. The fraction of sp³-hybridized carbons (Fsp3) is 0.389. The Labute approximate surface area is 125 Å². The van der Waals surface area contributed by atoms with E-state index < -0.39 is 11.7 Å². The highest BCUT2D eigenvalue weighted by Gasteiger charge is 2.22. The largest absolute Gasteiger partial charge is 0.489 e. The van der Waals surface area contributed by atoms with Crippen LogP contribution in [0.5, 0.6) is 0 Å². The zero-order valence-electron chi connectivity index (χ0n) is 12.9. The molecule has 1 unspecified atom stereocenters. The van der Waals surface area contributed by atoms with Crippen molar-refractivity contribution in [2.24, 2.45) is 5.92 Å². The molecule has 0 fully saturated rings. The lowest BCUT2D eigenvalue weighted by molar-refractivity contribution is -0.117. The van der Waals surface area contributed by atoms with Gasteiger partial charge in [0, 0.05) is 12.2 Å². The molecular formula is C18H21FO2. The van der Waals surface area contributed by atoms with Gasteiger partial charge in [-0.3, -0.25) is 4.79 Å². The van der Waals surface area contributed by atoms with E-state index in [0.717, 1.165) is 5.56 Å². The van der Waals surface area contributed by atoms with Gasteiger partial charge in [-0.25, -0.2) is 4.39 Å². The van der Waals surface area contributed by atoms with Crippen LogP contribution in [0.1, 0.15) is 38.8 Å². The monoisotopic (exact) mass is 288 g/mol. The predicted octanol–water partition coefficient (Wildman–Crippen LogP) is 4.46. The number of benzene rings is 1. The number of hydrogen-bond donors (Lipinski definition) is 0. The molecule has 1 atom stereocenters. The van der Waals surface area contributed by atoms with Gasteiger partial charge in [-0.2, -0.15) is 0 Å². The summed E-state index contributed by atoms with van der Waals surface area (Å²) in [6.07, 6.45) is 2.65. The summed E-state index contributed by atoms with van der Waals surface area (Å²) >= 11 is 0. The second kappa shape index (κ2) is 5.84. The Hall–Kier alpha value is -1.90. The second-order valence-electron chi connectivity index (χ2n) is 6.44. The van der Waals surface area contributed by atoms with Crippen molar-refractivity contribution in [3.63, 3.8) is 0 Å². The molecular weight excluding hydrogens is 267 g/mol. The summed E-state index contributed by atoms with van der Waals surface area (Å²) in [5, 5.41) is 0. The molecule has 1 aliphatic carbocycles. The van der Waals surface area contributed by atoms with Crippen LogP contribution in [0.3, 0.4) is 0 Å². The molecule has 112 valence electrons. The zero-order valence-corrected chi connectivity index (χ0v) is 12.9. The van der Waals surface area contributed by atoms with Gasteiger partial charge in [-0.15, -0.1) is 0 Å². The number of ketones is 1. The smallest absolute Gasteiger partial charge is 0.168 e. The molecule has 3 heteroatoms. The van der Waals surface area contributed by atoms with Gasteiger partial charge >= 0.3 is 0 Å². The fourth-order valence-electron chi connectivity index (χ4n) is 2.05. The minimum Gasteiger partial charge on any atom is -0.489 e. The van der Waals surface area contributed by atoms with E-state index in [-0.39, 0.29) is 17.0 Å². The van der Waals surface area contributed by atoms with Crippen molar-refractivity contribution in [1.29, 1.82) is 0 Å². The lowest BCUT2D eigenvalue weighted by Crippen LogP contribution is -2.14. The highest BCUT2D eigenvalue weighted by Crippen LogP contribution is 2.24. The normalized spacial score (nSPS) is 19.1. The number of halogens is 1. The molecule has 2 nitrogen and oxygen atoms in total. The van der Waals surface area contributed by atoms with E-state index in [0.29, 0.717) is 6.61 Å². The van der Waals surface area contributed by atoms with Crippen molar-refractivity contribution in [3.8, 4) is 0 Å². The SMILES string of the molecule is CC1C(=O)C=C(OCc2ccc(C(C)(C)C)cc2)C=C1F. The Morgan fingerprint density at radius 1 is 1.14 bits per heavy atom. The van der Waals surface area contributed by atoms with Gasteiger partial charge in [0.1, 0.15) is 18.2 Å². The number of hydrogen-bond acceptors (Lipinski definition) is 2. The molecule has 0 radical (unpaired) electrons. The minimum absolute atomic E-state index is 0.111. The van der Waals surface area contributed by atoms with Gasteiger partial charge in [0.25, 0.3) is 0 Å². The van der Waals surface area contributed by atoms with Crippen LogP contribution < -0.4 is 0 Å². The number of allylic oxidation sites excluding steroid dienone is 3. The lowest BCUT2D eigenvalue weighted by Gasteiger charge is -2.19. The van der Waals surface area contributed by atoms with E-state index >= 15 is 0 Å². The van der Waals surface area contributed by atoms with Crippen molar-refractivity contribution in [3.05, 3.63) is 59.1 Å². The molecule has 1 aromatic rings. The Morgan fingerprint density at radius 3 is 2.29 bits per heavy atom. The van der Waals surface area contributed by atoms with Crippen molar-refractivity contribution in [2.45, 2.75) is 39.7 Å². The Bertz CT molecular complexity index is 589. The molecule has 0 amide bonds. The Kier molecular flexibility index (Phi) is 4.31. The number of carbonyl (C=O) groups excluding carboxylic acids is 1. The maximum Gasteiger partial charge on any atom is 0.168 e. The molecule has 1 aromatic carbocycles. The van der Waals surface area contributed by atoms with E-state index in [9.17, 15) is 9.18 Å². The van der Waals surface area contributed by atoms with Crippen molar-refractivity contribution >= 4 is 5.78 Å². The summed E-state index contributed by atoms with van der Waals surface area (Å²) < 4.78 is 19.0. The van der Waals surface area contributed by atoms with Crippen LogP contribution >= 0.6 is 0 Å². The van der Waals surface area contributed by atoms with Gasteiger partial charge in [0.15, 0.2) is 5.78 Å². The molecule has 0 bridgehead atoms. The molecule has 1 aliphatic rings. The van der Waals surface area contributed by atoms with Crippen LogP contribution in [0.4, 0.5) is 4.39 Å². The molecule has 0 N–H and O–H groups in total. The number of rotatable bonds is 3. The summed E-state index contributed by atoms with van der Waals surface area (Å²) in [4.78, 5) is 11.5. The van der Waals surface area contributed by atoms with Crippen LogP contribution in [0.25, 0.3) is 0 Å². The highest BCUT2D eigenvalue weighted by molar-refractivity contribution is 5.95. The average molecular weight is 288 g/mol. The molecule has 2 rings (SSSR count). The molecule has 21 heavy (non-hydrogen) atoms. The first-order valence-corrected chi connectivity index (χ1v) is 7.12. The molecule has 0 heterocycles. The first-order chi connectivity index (χ1) is 9.77. The molecule has 0 spiro atoms. The summed E-state index contributed by atoms with van der Waals surface area (Å²) in [5.41, 5.74) is 2.35. The van der Waals surface area contributed by atoms with Gasteiger partial charge in [0.2, 0.25) is 0 Å². The maximum absolute atomic E-state index is 13.5. The average Bonchev–Trinajstić information content (AvgIpc) is 2.42. The summed E-state index contributed by atoms with van der Waals surface area (Å²) in [7, 11) is 0. The van der Waals surface area contributed by atoms with E-state index in [4.69, 9.17) is 4.74 Å². The Morgan fingerprint density at radius 2 is 1.76 bits per heavy atom. The molecule has 0 saturated carbocycles. The molecule has 0 saturated heterocycles. The first kappa shape index (κ1) is 15.5. The van der Waals surface area contributed by atoms with Gasteiger partial charge in [-0.05, 0) is 23.5 Å². The van der Waals surface area contributed by atoms with E-state index in [2.05, 4.69) is 32.9 Å². The lowest BCUT2D eigenvalue weighted by atomic mass is 9.87. The van der Waals surface area contributed by atoms with Gasteiger partial charge in [0.05, 0.1) is 5.92 Å². The third-order valence-electron chi connectivity index (χ3n) is 3.63. The Balaban J connectivity index is 2.01. The van der Waals surface area contributed by atoms with E-state index in [1.54, 1.807) is 6.92 Å². The van der Waals surface area contributed by atoms with E-state index in [1.807, 2.05) is 12.1 Å². The maximum atomic E-state index is 13.5. The zero-order chi connectivity index (χ0) is 15.6. The third-order valence-corrected chi connectivity index (χ3v) is 3.63. The van der Waals surface area contributed by atoms with Crippen LogP contribution in [0.15, 0.2) is 48.0 Å². The summed E-state index contributed by atoms with van der Waals surface area (Å²) in [5.74, 6) is -1.10. The summed E-state index contributed by atoms with van der Waals surface area (Å²) in [6, 6.07) is 8.12. The second-order valence-corrected chi connectivity index (χ2v) is 6.44. The van der Waals surface area contributed by atoms with Crippen LogP contribution in [0.2, 0.25) is 0 Å². The van der Waals surface area contributed by atoms with Crippen molar-refractivity contribution < 1.29 is 13.9 Å². The van der Waals surface area contributed by atoms with Crippen molar-refractivity contribution in [1.82, 2.24) is 0 Å². The minimum atomic E-state index is -0.691. The van der Waals surface area contributed by atoms with Crippen LogP contribution in [-0.4, -0.2) is 5.78 Å². The molecule has 0 aliphatic heterocycles. The predicted molar refractivity (Wildman–Crippen MR) is 81.4 cm³/mol. The van der Waals surface area contributed by atoms with Gasteiger partial charge in [-0.1, -0.05) is 45.0 Å². The standard InChI is InChI=1S/C18H21FO2/c1-12-16(19)9-15(10-17(12)20)21-11-13-5-7-14(8-6-13)18(2,3)4/h5-10,12H,11H2,1-4H3. The van der Waals surface area contributed by atoms with Crippen LogP contribution in [0, 0.1) is 5.92 Å². The summed E-state index contributed by atoms with van der Waals surface area (Å²) in [6.45, 7) is 8.34.